The van der Waals surface area contributed by atoms with E-state index < -0.39 is 5.97 Å². The number of aliphatic carboxylic acids is 1. The second kappa shape index (κ2) is 5.83. The maximum Gasteiger partial charge on any atom is 0.303 e. The van der Waals surface area contributed by atoms with Crippen molar-refractivity contribution in [3.8, 4) is 0 Å². The molecule has 4 heteroatoms. The molecule has 0 aromatic carbocycles. The third kappa shape index (κ3) is 4.64. The fourth-order valence-corrected chi connectivity index (χ4v) is 2.35. The molecule has 1 aliphatic heterocycles. The van der Waals surface area contributed by atoms with Crippen LogP contribution in [0.1, 0.15) is 40.5 Å². The van der Waals surface area contributed by atoms with E-state index >= 15 is 0 Å². The number of carboxylic acids is 1. The molecular formula is C13H26N2O2. The Bertz CT molecular complexity index is 253. The summed E-state index contributed by atoms with van der Waals surface area (Å²) in [6.45, 7) is 13.1. The molecule has 1 rings (SSSR count). The lowest BCUT2D eigenvalue weighted by atomic mass is 10.0. The lowest BCUT2D eigenvalue weighted by molar-refractivity contribution is -0.137. The van der Waals surface area contributed by atoms with Gasteiger partial charge in [-0.05, 0) is 34.1 Å². The Balaban J connectivity index is 2.33. The minimum Gasteiger partial charge on any atom is -0.481 e. The van der Waals surface area contributed by atoms with Crippen molar-refractivity contribution in [3.63, 3.8) is 0 Å². The molecule has 4 nitrogen and oxygen atoms in total. The van der Waals surface area contributed by atoms with E-state index in [0.29, 0.717) is 6.04 Å². The third-order valence-corrected chi connectivity index (χ3v) is 3.66. The zero-order valence-electron chi connectivity index (χ0n) is 11.6. The Morgan fingerprint density at radius 2 is 1.76 bits per heavy atom. The zero-order valence-corrected chi connectivity index (χ0v) is 11.6. The van der Waals surface area contributed by atoms with Gasteiger partial charge in [0, 0.05) is 44.2 Å². The second-order valence-electron chi connectivity index (χ2n) is 5.98. The third-order valence-electron chi connectivity index (χ3n) is 3.66. The molecule has 0 aliphatic carbocycles. The van der Waals surface area contributed by atoms with Gasteiger partial charge in [0.25, 0.3) is 0 Å². The molecule has 17 heavy (non-hydrogen) atoms. The minimum absolute atomic E-state index is 0.246. The number of piperazine rings is 1. The number of hydrogen-bond donors (Lipinski definition) is 1. The SMILES string of the molecule is CC(CCC(=O)O)N1CCN(C(C)(C)C)CC1. The molecule has 0 aromatic rings. The van der Waals surface area contributed by atoms with Crippen molar-refractivity contribution in [2.45, 2.75) is 52.1 Å². The molecule has 1 atom stereocenters. The van der Waals surface area contributed by atoms with Gasteiger partial charge in [0.2, 0.25) is 0 Å². The van der Waals surface area contributed by atoms with Crippen LogP contribution in [0.5, 0.6) is 0 Å². The van der Waals surface area contributed by atoms with Gasteiger partial charge in [-0.1, -0.05) is 0 Å². The molecule has 0 amide bonds. The van der Waals surface area contributed by atoms with Crippen LogP contribution in [-0.2, 0) is 4.79 Å². The van der Waals surface area contributed by atoms with E-state index in [1.165, 1.54) is 0 Å². The Kier molecular flexibility index (Phi) is 4.95. The summed E-state index contributed by atoms with van der Waals surface area (Å²) in [5, 5.41) is 8.68. The highest BCUT2D eigenvalue weighted by atomic mass is 16.4. The first-order valence-electron chi connectivity index (χ1n) is 6.51. The van der Waals surface area contributed by atoms with Gasteiger partial charge < -0.3 is 5.11 Å². The fourth-order valence-electron chi connectivity index (χ4n) is 2.35. The van der Waals surface area contributed by atoms with Crippen LogP contribution in [0.4, 0.5) is 0 Å². The number of carbonyl (C=O) groups is 1. The van der Waals surface area contributed by atoms with Crippen LogP contribution in [-0.4, -0.2) is 58.6 Å². The molecule has 0 bridgehead atoms. The molecule has 1 unspecified atom stereocenters. The monoisotopic (exact) mass is 242 g/mol. The van der Waals surface area contributed by atoms with Crippen molar-refractivity contribution in [3.05, 3.63) is 0 Å². The molecule has 1 N–H and O–H groups in total. The van der Waals surface area contributed by atoms with E-state index in [2.05, 4.69) is 37.5 Å². The summed E-state index contributed by atoms with van der Waals surface area (Å²) < 4.78 is 0. The van der Waals surface area contributed by atoms with E-state index in [0.717, 1.165) is 32.6 Å². The van der Waals surface area contributed by atoms with Gasteiger partial charge in [0.1, 0.15) is 0 Å². The first-order chi connectivity index (χ1) is 7.80. The van der Waals surface area contributed by atoms with E-state index in [-0.39, 0.29) is 12.0 Å². The smallest absolute Gasteiger partial charge is 0.303 e. The summed E-state index contributed by atoms with van der Waals surface area (Å²) in [4.78, 5) is 15.4. The highest BCUT2D eigenvalue weighted by Gasteiger charge is 2.27. The van der Waals surface area contributed by atoms with Gasteiger partial charge in [-0.15, -0.1) is 0 Å². The van der Waals surface area contributed by atoms with Gasteiger partial charge in [-0.3, -0.25) is 14.6 Å². The maximum absolute atomic E-state index is 10.5. The molecule has 0 saturated carbocycles. The first kappa shape index (κ1) is 14.5. The highest BCUT2D eigenvalue weighted by molar-refractivity contribution is 5.66. The number of hydrogen-bond acceptors (Lipinski definition) is 3. The molecule has 1 fully saturated rings. The lowest BCUT2D eigenvalue weighted by Crippen LogP contribution is -2.55. The zero-order chi connectivity index (χ0) is 13.1. The minimum atomic E-state index is -0.690. The van der Waals surface area contributed by atoms with Crippen molar-refractivity contribution < 1.29 is 9.90 Å². The molecule has 0 radical (unpaired) electrons. The van der Waals surface area contributed by atoms with E-state index in [9.17, 15) is 4.79 Å². The molecule has 1 saturated heterocycles. The Hall–Kier alpha value is -0.610. The van der Waals surface area contributed by atoms with Gasteiger partial charge in [0.15, 0.2) is 0 Å². The van der Waals surface area contributed by atoms with Crippen molar-refractivity contribution in [1.82, 2.24) is 9.80 Å². The standard InChI is InChI=1S/C13H26N2O2/c1-11(5-6-12(16)17)14-7-9-15(10-8-14)13(2,3)4/h11H,5-10H2,1-4H3,(H,16,17). The maximum atomic E-state index is 10.5. The van der Waals surface area contributed by atoms with Crippen LogP contribution >= 0.6 is 0 Å². The van der Waals surface area contributed by atoms with Gasteiger partial charge in [0.05, 0.1) is 0 Å². The van der Waals surface area contributed by atoms with Crippen molar-refractivity contribution in [2.75, 3.05) is 26.2 Å². The fraction of sp³-hybridized carbons (Fsp3) is 0.923. The second-order valence-corrected chi connectivity index (χ2v) is 5.98. The molecular weight excluding hydrogens is 216 g/mol. The van der Waals surface area contributed by atoms with Crippen molar-refractivity contribution >= 4 is 5.97 Å². The van der Waals surface area contributed by atoms with Crippen LogP contribution in [0.25, 0.3) is 0 Å². The lowest BCUT2D eigenvalue weighted by Gasteiger charge is -2.44. The van der Waals surface area contributed by atoms with Crippen LogP contribution in [0, 0.1) is 0 Å². The summed E-state index contributed by atoms with van der Waals surface area (Å²) in [7, 11) is 0. The quantitative estimate of drug-likeness (QED) is 0.814. The summed E-state index contributed by atoms with van der Waals surface area (Å²) in [6.07, 6.45) is 1.03. The Morgan fingerprint density at radius 3 is 2.18 bits per heavy atom. The summed E-state index contributed by atoms with van der Waals surface area (Å²) in [5.41, 5.74) is 0.246. The van der Waals surface area contributed by atoms with Crippen LogP contribution in [0.15, 0.2) is 0 Å². The predicted octanol–water partition coefficient (Wildman–Crippen LogP) is 1.66. The van der Waals surface area contributed by atoms with Crippen LogP contribution < -0.4 is 0 Å². The van der Waals surface area contributed by atoms with Crippen LogP contribution in [0.2, 0.25) is 0 Å². The largest absolute Gasteiger partial charge is 0.481 e. The number of carboxylic acid groups (broad SMARTS) is 1. The molecule has 0 aromatic heterocycles. The Morgan fingerprint density at radius 1 is 1.24 bits per heavy atom. The van der Waals surface area contributed by atoms with E-state index in [1.807, 2.05) is 0 Å². The summed E-state index contributed by atoms with van der Waals surface area (Å²) in [5.74, 6) is -0.690. The molecule has 1 heterocycles. The van der Waals surface area contributed by atoms with Crippen LogP contribution in [0.3, 0.4) is 0 Å². The average molecular weight is 242 g/mol. The summed E-state index contributed by atoms with van der Waals surface area (Å²) >= 11 is 0. The molecule has 0 spiro atoms. The summed E-state index contributed by atoms with van der Waals surface area (Å²) in [6, 6.07) is 0.383. The van der Waals surface area contributed by atoms with Gasteiger partial charge >= 0.3 is 5.97 Å². The first-order valence-corrected chi connectivity index (χ1v) is 6.51. The number of rotatable bonds is 4. The average Bonchev–Trinajstić information content (AvgIpc) is 2.25. The Labute approximate surface area is 105 Å². The normalized spacial score (nSPS) is 21.4. The topological polar surface area (TPSA) is 43.8 Å². The highest BCUT2D eigenvalue weighted by Crippen LogP contribution is 2.18. The predicted molar refractivity (Wildman–Crippen MR) is 69.2 cm³/mol. The van der Waals surface area contributed by atoms with E-state index in [1.54, 1.807) is 0 Å². The van der Waals surface area contributed by atoms with Crippen molar-refractivity contribution in [1.29, 1.82) is 0 Å². The van der Waals surface area contributed by atoms with Gasteiger partial charge in [-0.2, -0.15) is 0 Å². The number of nitrogens with zero attached hydrogens (tertiary/aromatic N) is 2. The molecule has 100 valence electrons. The van der Waals surface area contributed by atoms with E-state index in [4.69, 9.17) is 5.11 Å². The van der Waals surface area contributed by atoms with Gasteiger partial charge in [-0.25, -0.2) is 0 Å². The molecule has 1 aliphatic rings. The van der Waals surface area contributed by atoms with Crippen molar-refractivity contribution in [2.24, 2.45) is 0 Å².